The van der Waals surface area contributed by atoms with Crippen molar-refractivity contribution < 1.29 is 9.15 Å². The lowest BCUT2D eigenvalue weighted by Gasteiger charge is -2.09. The minimum absolute atomic E-state index is 0.832. The van der Waals surface area contributed by atoms with E-state index in [0.29, 0.717) is 0 Å². The molecule has 0 saturated heterocycles. The second kappa shape index (κ2) is 5.07. The maximum atomic E-state index is 5.24. The van der Waals surface area contributed by atoms with E-state index >= 15 is 0 Å². The maximum absolute atomic E-state index is 5.24. The van der Waals surface area contributed by atoms with Crippen LogP contribution in [-0.4, -0.2) is 16.7 Å². The van der Waals surface area contributed by atoms with Crippen LogP contribution in [-0.2, 0) is 0 Å². The molecule has 4 rings (SSSR count). The molecular weight excluding hydrogens is 276 g/mol. The molecule has 0 spiro atoms. The van der Waals surface area contributed by atoms with Gasteiger partial charge in [-0.1, -0.05) is 12.1 Å². The van der Waals surface area contributed by atoms with E-state index in [2.05, 4.69) is 10.6 Å². The molecule has 22 heavy (non-hydrogen) atoms. The zero-order valence-electron chi connectivity index (χ0n) is 12.1. The van der Waals surface area contributed by atoms with Crippen LogP contribution in [0.3, 0.4) is 0 Å². The predicted octanol–water partition coefficient (Wildman–Crippen LogP) is 4.29. The van der Waals surface area contributed by atoms with Gasteiger partial charge in [0.05, 0.1) is 30.0 Å². The number of nitrogens with zero attached hydrogens (tertiary/aromatic N) is 2. The summed E-state index contributed by atoms with van der Waals surface area (Å²) in [6, 6.07) is 18.0. The smallest absolute Gasteiger partial charge is 0.148 e. The largest absolute Gasteiger partial charge is 0.497 e. The molecule has 108 valence electrons. The molecule has 4 aromatic rings. The third-order valence-electron chi connectivity index (χ3n) is 3.67. The molecule has 0 unspecified atom stereocenters. The molecule has 0 amide bonds. The number of methoxy groups -OCH3 is 1. The highest BCUT2D eigenvalue weighted by Crippen LogP contribution is 2.29. The van der Waals surface area contributed by atoms with E-state index in [1.165, 1.54) is 0 Å². The Kier molecular flexibility index (Phi) is 2.93. The van der Waals surface area contributed by atoms with E-state index < -0.39 is 0 Å². The van der Waals surface area contributed by atoms with Gasteiger partial charge in [-0.2, -0.15) is 0 Å². The Morgan fingerprint density at radius 1 is 1.00 bits per heavy atom. The van der Waals surface area contributed by atoms with Crippen LogP contribution in [0.25, 0.3) is 28.1 Å². The van der Waals surface area contributed by atoms with E-state index in [9.17, 15) is 0 Å². The van der Waals surface area contributed by atoms with Crippen LogP contribution in [0.2, 0.25) is 0 Å². The van der Waals surface area contributed by atoms with Gasteiger partial charge >= 0.3 is 0 Å². The fourth-order valence-corrected chi connectivity index (χ4v) is 2.60. The lowest BCUT2D eigenvalue weighted by molar-refractivity contribution is 0.415. The number of benzene rings is 2. The summed E-state index contributed by atoms with van der Waals surface area (Å²) in [7, 11) is 1.67. The second-order valence-corrected chi connectivity index (χ2v) is 4.97. The number of para-hydroxylation sites is 2. The maximum Gasteiger partial charge on any atom is 0.148 e. The third kappa shape index (κ3) is 1.97. The fourth-order valence-electron chi connectivity index (χ4n) is 2.60. The lowest BCUT2D eigenvalue weighted by atomic mass is 10.2. The van der Waals surface area contributed by atoms with Crippen LogP contribution in [0, 0.1) is 0 Å². The van der Waals surface area contributed by atoms with Gasteiger partial charge in [-0.15, -0.1) is 0 Å². The van der Waals surface area contributed by atoms with Gasteiger partial charge in [-0.05, 0) is 42.5 Å². The summed E-state index contributed by atoms with van der Waals surface area (Å²) in [5.74, 6) is 1.69. The zero-order chi connectivity index (χ0) is 14.9. The number of hydrogen-bond donors (Lipinski definition) is 0. The summed E-state index contributed by atoms with van der Waals surface area (Å²) in [5, 5.41) is 0. The summed E-state index contributed by atoms with van der Waals surface area (Å²) in [6.45, 7) is 0. The summed E-state index contributed by atoms with van der Waals surface area (Å²) in [6.07, 6.45) is 3.37. The van der Waals surface area contributed by atoms with Gasteiger partial charge in [0, 0.05) is 5.69 Å². The first-order valence-corrected chi connectivity index (χ1v) is 7.01. The number of hydrogen-bond acceptors (Lipinski definition) is 3. The van der Waals surface area contributed by atoms with E-state index in [4.69, 9.17) is 14.1 Å². The number of fused-ring (bicyclic) bond motifs is 1. The molecule has 4 nitrogen and oxygen atoms in total. The highest BCUT2D eigenvalue weighted by atomic mass is 16.5. The van der Waals surface area contributed by atoms with E-state index in [-0.39, 0.29) is 0 Å². The second-order valence-electron chi connectivity index (χ2n) is 4.97. The minimum Gasteiger partial charge on any atom is -0.497 e. The molecule has 0 aliphatic heterocycles. The van der Waals surface area contributed by atoms with Gasteiger partial charge in [0.25, 0.3) is 0 Å². The average molecular weight is 290 g/mol. The van der Waals surface area contributed by atoms with Gasteiger partial charge in [0.15, 0.2) is 0 Å². The topological polar surface area (TPSA) is 40.2 Å². The Morgan fingerprint density at radius 2 is 1.82 bits per heavy atom. The van der Waals surface area contributed by atoms with E-state index in [1.54, 1.807) is 19.6 Å². The van der Waals surface area contributed by atoms with Crippen molar-refractivity contribution in [2.24, 2.45) is 0 Å². The van der Waals surface area contributed by atoms with Crippen molar-refractivity contribution in [2.45, 2.75) is 0 Å². The molecule has 0 bridgehead atoms. The van der Waals surface area contributed by atoms with Crippen LogP contribution in [0.15, 0.2) is 71.5 Å². The van der Waals surface area contributed by atoms with Crippen LogP contribution >= 0.6 is 0 Å². The lowest BCUT2D eigenvalue weighted by Crippen LogP contribution is -1.97. The van der Waals surface area contributed by atoms with Crippen molar-refractivity contribution in [1.29, 1.82) is 0 Å². The van der Waals surface area contributed by atoms with Crippen molar-refractivity contribution in [1.82, 2.24) is 9.55 Å². The predicted molar refractivity (Wildman–Crippen MR) is 85.3 cm³/mol. The van der Waals surface area contributed by atoms with Crippen LogP contribution < -0.4 is 4.74 Å². The van der Waals surface area contributed by atoms with Crippen molar-refractivity contribution >= 4 is 11.0 Å². The summed E-state index contributed by atoms with van der Waals surface area (Å²) < 4.78 is 12.6. The van der Waals surface area contributed by atoms with Crippen LogP contribution in [0.1, 0.15) is 0 Å². The van der Waals surface area contributed by atoms with Crippen molar-refractivity contribution in [2.75, 3.05) is 7.11 Å². The van der Waals surface area contributed by atoms with Crippen molar-refractivity contribution in [3.05, 3.63) is 67.1 Å². The Balaban J connectivity index is 1.99. The normalized spacial score (nSPS) is 11.0. The summed E-state index contributed by atoms with van der Waals surface area (Å²) in [5.41, 5.74) is 4.00. The Labute approximate surface area is 127 Å². The number of rotatable bonds is 3. The number of aromatic nitrogens is 2. The average Bonchev–Trinajstić information content (AvgIpc) is 3.22. The van der Waals surface area contributed by atoms with E-state index in [0.717, 1.165) is 33.9 Å². The summed E-state index contributed by atoms with van der Waals surface area (Å²) in [4.78, 5) is 4.75. The van der Waals surface area contributed by atoms with Gasteiger partial charge in [-0.3, -0.25) is 4.57 Å². The molecule has 0 fully saturated rings. The fraction of sp³-hybridized carbons (Fsp3) is 0.0556. The molecule has 0 radical (unpaired) electrons. The Hall–Kier alpha value is -3.01. The molecule has 0 saturated carbocycles. The number of imidazole rings is 1. The zero-order valence-corrected chi connectivity index (χ0v) is 12.1. The molecule has 0 N–H and O–H groups in total. The van der Waals surface area contributed by atoms with Crippen LogP contribution in [0.4, 0.5) is 0 Å². The van der Waals surface area contributed by atoms with E-state index in [1.807, 2.05) is 48.5 Å². The van der Waals surface area contributed by atoms with Crippen molar-refractivity contribution in [3.8, 4) is 22.8 Å². The number of ether oxygens (including phenoxy) is 1. The first kappa shape index (κ1) is 12.7. The molecule has 2 aromatic heterocycles. The molecule has 2 heterocycles. The summed E-state index contributed by atoms with van der Waals surface area (Å²) >= 11 is 0. The third-order valence-corrected chi connectivity index (χ3v) is 3.67. The first-order chi connectivity index (χ1) is 10.9. The standard InChI is InChI=1S/C18H14N2O2/c1-21-15-8-6-14(7-9-15)20-17-5-3-2-4-16(17)19-18(20)13-10-11-22-12-13/h2-12H,1H3. The Bertz CT molecular complexity index is 906. The SMILES string of the molecule is COc1ccc(-n2c(-c3ccoc3)nc3ccccc32)cc1. The van der Waals surface area contributed by atoms with Gasteiger partial charge in [0.1, 0.15) is 17.8 Å². The first-order valence-electron chi connectivity index (χ1n) is 7.01. The van der Waals surface area contributed by atoms with Gasteiger partial charge < -0.3 is 9.15 Å². The van der Waals surface area contributed by atoms with Gasteiger partial charge in [-0.25, -0.2) is 4.98 Å². The monoisotopic (exact) mass is 290 g/mol. The quantitative estimate of drug-likeness (QED) is 0.565. The van der Waals surface area contributed by atoms with Crippen molar-refractivity contribution in [3.63, 3.8) is 0 Å². The molecule has 2 aromatic carbocycles. The molecule has 0 atom stereocenters. The molecule has 0 aliphatic rings. The molecular formula is C18H14N2O2. The molecule has 0 aliphatic carbocycles. The van der Waals surface area contributed by atoms with Gasteiger partial charge in [0.2, 0.25) is 0 Å². The highest BCUT2D eigenvalue weighted by Gasteiger charge is 2.14. The highest BCUT2D eigenvalue weighted by molar-refractivity contribution is 5.83. The number of furan rings is 1. The minimum atomic E-state index is 0.832. The Morgan fingerprint density at radius 3 is 2.55 bits per heavy atom. The van der Waals surface area contributed by atoms with Crippen LogP contribution in [0.5, 0.6) is 5.75 Å². The molecule has 4 heteroatoms.